The Hall–Kier alpha value is 0.0700. The zero-order valence-corrected chi connectivity index (χ0v) is 9.52. The van der Waals surface area contributed by atoms with Crippen LogP contribution in [0.25, 0.3) is 0 Å². The maximum atomic E-state index is 11.2. The van der Waals surface area contributed by atoms with Gasteiger partial charge in [-0.2, -0.15) is 0 Å². The molecule has 2 rings (SSSR count). The Labute approximate surface area is 88.7 Å². The van der Waals surface area contributed by atoms with Crippen molar-refractivity contribution in [3.05, 3.63) is 0 Å². The van der Waals surface area contributed by atoms with E-state index < -0.39 is 10.8 Å². The van der Waals surface area contributed by atoms with E-state index in [0.717, 1.165) is 30.5 Å². The second-order valence-corrected chi connectivity index (χ2v) is 6.06. The number of nitrogens with zero attached hydrogens (tertiary/aromatic N) is 1. The zero-order valence-electron chi connectivity index (χ0n) is 8.71. The third-order valence-corrected chi connectivity index (χ3v) is 4.46. The highest BCUT2D eigenvalue weighted by Gasteiger charge is 2.20. The molecule has 2 fully saturated rings. The minimum Gasteiger partial charge on any atom is -0.316 e. The Morgan fingerprint density at radius 1 is 1.36 bits per heavy atom. The van der Waals surface area contributed by atoms with E-state index in [4.69, 9.17) is 0 Å². The molecule has 0 radical (unpaired) electrons. The molecule has 2 aliphatic rings. The summed E-state index contributed by atoms with van der Waals surface area (Å²) in [6.45, 7) is 5.68. The van der Waals surface area contributed by atoms with Crippen molar-refractivity contribution in [2.75, 3.05) is 44.2 Å². The third-order valence-electron chi connectivity index (χ3n) is 3.19. The average molecular weight is 216 g/mol. The quantitative estimate of drug-likeness (QED) is 0.708. The lowest BCUT2D eigenvalue weighted by Gasteiger charge is -2.32. The molecule has 3 nitrogen and oxygen atoms in total. The first-order valence-corrected chi connectivity index (χ1v) is 7.11. The van der Waals surface area contributed by atoms with E-state index in [1.54, 1.807) is 0 Å². The van der Waals surface area contributed by atoms with Gasteiger partial charge in [0.05, 0.1) is 0 Å². The molecule has 82 valence electrons. The smallest absolute Gasteiger partial charge is 0.0363 e. The molecule has 0 saturated carbocycles. The molecule has 4 heteroatoms. The lowest BCUT2D eigenvalue weighted by Crippen LogP contribution is -2.43. The van der Waals surface area contributed by atoms with Gasteiger partial charge in [-0.3, -0.25) is 4.21 Å². The molecule has 2 saturated heterocycles. The molecule has 1 N–H and O–H groups in total. The van der Waals surface area contributed by atoms with Crippen LogP contribution in [-0.2, 0) is 10.8 Å². The van der Waals surface area contributed by atoms with Gasteiger partial charge in [0.2, 0.25) is 0 Å². The molecule has 0 aromatic heterocycles. The van der Waals surface area contributed by atoms with E-state index in [1.165, 1.54) is 32.5 Å². The van der Waals surface area contributed by atoms with Gasteiger partial charge in [-0.05, 0) is 31.8 Å². The van der Waals surface area contributed by atoms with Crippen LogP contribution in [0.3, 0.4) is 0 Å². The topological polar surface area (TPSA) is 32.3 Å². The number of hydrogen-bond donors (Lipinski definition) is 1. The van der Waals surface area contributed by atoms with E-state index in [-0.39, 0.29) is 0 Å². The Bertz CT molecular complexity index is 194. The van der Waals surface area contributed by atoms with E-state index in [1.807, 2.05) is 0 Å². The van der Waals surface area contributed by atoms with Gasteiger partial charge in [0, 0.05) is 41.9 Å². The van der Waals surface area contributed by atoms with Crippen molar-refractivity contribution in [2.24, 2.45) is 5.92 Å². The normalized spacial score (nSPS) is 31.9. The molecule has 0 spiro atoms. The van der Waals surface area contributed by atoms with Crippen LogP contribution in [0, 0.1) is 5.92 Å². The largest absolute Gasteiger partial charge is 0.316 e. The van der Waals surface area contributed by atoms with Crippen LogP contribution < -0.4 is 5.32 Å². The fourth-order valence-corrected chi connectivity index (χ4v) is 3.43. The van der Waals surface area contributed by atoms with Gasteiger partial charge < -0.3 is 10.2 Å². The standard InChI is InChI=1S/C10H20N2OS/c13-14-6-4-12(5-7-14)9-10-2-1-3-11-8-10/h10-11H,1-9H2. The maximum absolute atomic E-state index is 11.2. The molecule has 1 unspecified atom stereocenters. The molecule has 1 atom stereocenters. The Kier molecular flexibility index (Phi) is 3.96. The van der Waals surface area contributed by atoms with Crippen molar-refractivity contribution < 1.29 is 4.21 Å². The van der Waals surface area contributed by atoms with Gasteiger partial charge in [0.25, 0.3) is 0 Å². The van der Waals surface area contributed by atoms with Gasteiger partial charge in [0.15, 0.2) is 0 Å². The highest BCUT2D eigenvalue weighted by atomic mass is 32.2. The molecule has 2 aliphatic heterocycles. The van der Waals surface area contributed by atoms with Crippen LogP contribution in [0.4, 0.5) is 0 Å². The Morgan fingerprint density at radius 3 is 2.79 bits per heavy atom. The van der Waals surface area contributed by atoms with Crippen LogP contribution in [0.1, 0.15) is 12.8 Å². The van der Waals surface area contributed by atoms with Crippen LogP contribution in [0.2, 0.25) is 0 Å². The number of piperidine rings is 1. The molecular weight excluding hydrogens is 196 g/mol. The van der Waals surface area contributed by atoms with E-state index in [0.29, 0.717) is 0 Å². The van der Waals surface area contributed by atoms with Gasteiger partial charge in [-0.15, -0.1) is 0 Å². The first-order valence-electron chi connectivity index (χ1n) is 5.62. The van der Waals surface area contributed by atoms with Gasteiger partial charge in [-0.25, -0.2) is 0 Å². The molecular formula is C10H20N2OS. The molecule has 14 heavy (non-hydrogen) atoms. The zero-order chi connectivity index (χ0) is 9.80. The SMILES string of the molecule is O=S1CCN(CC2CCCNC2)CC1. The minimum absolute atomic E-state index is 0.525. The van der Waals surface area contributed by atoms with Crippen molar-refractivity contribution in [2.45, 2.75) is 12.8 Å². The molecule has 0 aliphatic carbocycles. The lowest BCUT2D eigenvalue weighted by molar-refractivity contribution is 0.223. The number of rotatable bonds is 2. The van der Waals surface area contributed by atoms with E-state index in [2.05, 4.69) is 10.2 Å². The van der Waals surface area contributed by atoms with Crippen molar-refractivity contribution >= 4 is 10.8 Å². The van der Waals surface area contributed by atoms with Crippen molar-refractivity contribution in [3.8, 4) is 0 Å². The fourth-order valence-electron chi connectivity index (χ4n) is 2.30. The summed E-state index contributed by atoms with van der Waals surface area (Å²) in [4.78, 5) is 2.49. The lowest BCUT2D eigenvalue weighted by atomic mass is 9.99. The second-order valence-electron chi connectivity index (χ2n) is 4.36. The summed E-state index contributed by atoms with van der Waals surface area (Å²) < 4.78 is 11.2. The van der Waals surface area contributed by atoms with Gasteiger partial charge in [-0.1, -0.05) is 0 Å². The maximum Gasteiger partial charge on any atom is 0.0363 e. The summed E-state index contributed by atoms with van der Waals surface area (Å²) in [5.74, 6) is 2.61. The molecule has 0 aromatic carbocycles. The second kappa shape index (κ2) is 5.24. The fraction of sp³-hybridized carbons (Fsp3) is 1.00. The summed E-state index contributed by atoms with van der Waals surface area (Å²) >= 11 is 0. The highest BCUT2D eigenvalue weighted by Crippen LogP contribution is 2.12. The summed E-state index contributed by atoms with van der Waals surface area (Å²) in [6, 6.07) is 0. The summed E-state index contributed by atoms with van der Waals surface area (Å²) in [6.07, 6.45) is 2.69. The van der Waals surface area contributed by atoms with Crippen LogP contribution >= 0.6 is 0 Å². The van der Waals surface area contributed by atoms with Crippen molar-refractivity contribution in [3.63, 3.8) is 0 Å². The first kappa shape index (κ1) is 10.6. The van der Waals surface area contributed by atoms with E-state index in [9.17, 15) is 4.21 Å². The predicted octanol–water partition coefficient (Wildman–Crippen LogP) is 0.0503. The number of hydrogen-bond acceptors (Lipinski definition) is 3. The number of nitrogens with one attached hydrogen (secondary N) is 1. The predicted molar refractivity (Wildman–Crippen MR) is 59.9 cm³/mol. The Morgan fingerprint density at radius 2 is 2.14 bits per heavy atom. The van der Waals surface area contributed by atoms with Gasteiger partial charge in [0.1, 0.15) is 0 Å². The minimum atomic E-state index is -0.525. The summed E-state index contributed by atoms with van der Waals surface area (Å²) in [5.41, 5.74) is 0. The van der Waals surface area contributed by atoms with Crippen LogP contribution in [0.5, 0.6) is 0 Å². The first-order chi connectivity index (χ1) is 6.84. The molecule has 0 amide bonds. The van der Waals surface area contributed by atoms with Crippen molar-refractivity contribution in [1.29, 1.82) is 0 Å². The summed E-state index contributed by atoms with van der Waals surface area (Å²) in [5, 5.41) is 3.45. The summed E-state index contributed by atoms with van der Waals surface area (Å²) in [7, 11) is -0.525. The van der Waals surface area contributed by atoms with Gasteiger partial charge >= 0.3 is 0 Å². The Balaban J connectivity index is 1.71. The van der Waals surface area contributed by atoms with Crippen LogP contribution in [-0.4, -0.2) is 53.3 Å². The average Bonchev–Trinajstić information content (AvgIpc) is 2.23. The molecule has 0 bridgehead atoms. The highest BCUT2D eigenvalue weighted by molar-refractivity contribution is 7.85. The molecule has 0 aromatic rings. The third kappa shape index (κ3) is 3.04. The van der Waals surface area contributed by atoms with Crippen LogP contribution in [0.15, 0.2) is 0 Å². The van der Waals surface area contributed by atoms with Crippen molar-refractivity contribution in [1.82, 2.24) is 10.2 Å². The van der Waals surface area contributed by atoms with E-state index >= 15 is 0 Å². The monoisotopic (exact) mass is 216 g/mol. The molecule has 2 heterocycles.